The molecule has 19 heavy (non-hydrogen) atoms. The predicted molar refractivity (Wildman–Crippen MR) is 74.4 cm³/mol. The molecule has 2 aromatic rings. The Labute approximate surface area is 114 Å². The van der Waals surface area contributed by atoms with Gasteiger partial charge in [-0.05, 0) is 19.4 Å². The number of rotatable bonds is 6. The number of methoxy groups -OCH3 is 1. The first-order valence-corrected chi connectivity index (χ1v) is 6.77. The van der Waals surface area contributed by atoms with E-state index in [1.165, 1.54) is 11.3 Å². The van der Waals surface area contributed by atoms with Crippen LogP contribution in [0.15, 0.2) is 4.79 Å². The van der Waals surface area contributed by atoms with Crippen molar-refractivity contribution in [1.82, 2.24) is 15.4 Å². The van der Waals surface area contributed by atoms with Crippen LogP contribution in [-0.2, 0) is 16.1 Å². The van der Waals surface area contributed by atoms with Crippen molar-refractivity contribution in [3.8, 4) is 0 Å². The minimum Gasteiger partial charge on any atom is -0.382 e. The summed E-state index contributed by atoms with van der Waals surface area (Å²) in [5.74, 6) is 0.566. The summed E-state index contributed by atoms with van der Waals surface area (Å²) in [5, 5.41) is 0.687. The number of hydrogen-bond acceptors (Lipinski definition) is 6. The lowest BCUT2D eigenvalue weighted by Gasteiger charge is -2.04. The molecule has 2 N–H and O–H groups in total. The first-order valence-electron chi connectivity index (χ1n) is 5.96. The summed E-state index contributed by atoms with van der Waals surface area (Å²) in [5.41, 5.74) is 3.65. The second kappa shape index (κ2) is 6.25. The molecule has 0 aliphatic carbocycles. The van der Waals surface area contributed by atoms with Crippen molar-refractivity contribution in [2.45, 2.75) is 20.4 Å². The van der Waals surface area contributed by atoms with E-state index in [-0.39, 0.29) is 5.56 Å². The average molecular weight is 283 g/mol. The van der Waals surface area contributed by atoms with Crippen LogP contribution < -0.4 is 11.0 Å². The number of aryl methyl sites for hydroxylation is 2. The van der Waals surface area contributed by atoms with Crippen molar-refractivity contribution < 1.29 is 9.57 Å². The lowest BCUT2D eigenvalue weighted by Crippen LogP contribution is -2.21. The normalized spacial score (nSPS) is 11.3. The summed E-state index contributed by atoms with van der Waals surface area (Å²) < 4.78 is 4.85. The Kier molecular flexibility index (Phi) is 4.65. The molecular weight excluding hydrogens is 266 g/mol. The molecule has 2 heterocycles. The minimum atomic E-state index is -0.0967. The SMILES string of the molecule is COCCONCc1nc2sc(C)c(C)c2c(=O)[nH]1. The van der Waals surface area contributed by atoms with Gasteiger partial charge in [0.15, 0.2) is 0 Å². The standard InChI is InChI=1S/C12H17N3O3S/c1-7-8(2)19-12-10(7)11(16)14-9(15-12)6-13-18-5-4-17-3/h13H,4-6H2,1-3H3,(H,14,15,16). The van der Waals surface area contributed by atoms with Crippen LogP contribution in [0.25, 0.3) is 10.2 Å². The van der Waals surface area contributed by atoms with Crippen LogP contribution in [0.4, 0.5) is 0 Å². The van der Waals surface area contributed by atoms with Crippen molar-refractivity contribution in [3.05, 3.63) is 26.6 Å². The number of thiophene rings is 1. The van der Waals surface area contributed by atoms with Gasteiger partial charge < -0.3 is 9.72 Å². The van der Waals surface area contributed by atoms with Gasteiger partial charge in [-0.25, -0.2) is 4.98 Å². The van der Waals surface area contributed by atoms with E-state index in [4.69, 9.17) is 9.57 Å². The van der Waals surface area contributed by atoms with Crippen LogP contribution >= 0.6 is 11.3 Å². The number of aromatic amines is 1. The highest BCUT2D eigenvalue weighted by molar-refractivity contribution is 7.18. The summed E-state index contributed by atoms with van der Waals surface area (Å²) in [6.07, 6.45) is 0. The van der Waals surface area contributed by atoms with E-state index in [0.717, 1.165) is 15.3 Å². The molecule has 7 heteroatoms. The third-order valence-corrected chi connectivity index (χ3v) is 3.92. The van der Waals surface area contributed by atoms with Gasteiger partial charge in [0.25, 0.3) is 5.56 Å². The Balaban J connectivity index is 2.11. The molecular formula is C12H17N3O3S. The van der Waals surface area contributed by atoms with E-state index in [0.29, 0.717) is 31.0 Å². The smallest absolute Gasteiger partial charge is 0.259 e. The molecule has 104 valence electrons. The quantitative estimate of drug-likeness (QED) is 0.617. The number of aromatic nitrogens is 2. The zero-order valence-electron chi connectivity index (χ0n) is 11.2. The van der Waals surface area contributed by atoms with Gasteiger partial charge in [-0.1, -0.05) is 0 Å². The maximum absolute atomic E-state index is 12.0. The second-order valence-corrected chi connectivity index (χ2v) is 5.34. The number of ether oxygens (including phenoxy) is 1. The highest BCUT2D eigenvalue weighted by Crippen LogP contribution is 2.25. The molecule has 2 aromatic heterocycles. The van der Waals surface area contributed by atoms with Crippen molar-refractivity contribution in [2.24, 2.45) is 0 Å². The van der Waals surface area contributed by atoms with Gasteiger partial charge in [0.1, 0.15) is 10.7 Å². The van der Waals surface area contributed by atoms with E-state index in [1.807, 2.05) is 13.8 Å². The number of hydrogen-bond donors (Lipinski definition) is 2. The fraction of sp³-hybridized carbons (Fsp3) is 0.500. The Morgan fingerprint density at radius 3 is 2.89 bits per heavy atom. The summed E-state index contributed by atoms with van der Waals surface area (Å²) in [6.45, 7) is 5.24. The third-order valence-electron chi connectivity index (χ3n) is 2.82. The molecule has 0 radical (unpaired) electrons. The van der Waals surface area contributed by atoms with Gasteiger partial charge in [-0.2, -0.15) is 5.48 Å². The molecule has 0 bridgehead atoms. The van der Waals surface area contributed by atoms with Crippen LogP contribution in [0, 0.1) is 13.8 Å². The molecule has 0 spiro atoms. The number of H-pyrrole nitrogens is 1. The van der Waals surface area contributed by atoms with Crippen LogP contribution in [0.1, 0.15) is 16.3 Å². The van der Waals surface area contributed by atoms with Gasteiger partial charge in [0.05, 0.1) is 25.1 Å². The van der Waals surface area contributed by atoms with Crippen LogP contribution in [0.3, 0.4) is 0 Å². The van der Waals surface area contributed by atoms with Crippen LogP contribution in [0.5, 0.6) is 0 Å². The van der Waals surface area contributed by atoms with Gasteiger partial charge in [0.2, 0.25) is 0 Å². The van der Waals surface area contributed by atoms with Crippen molar-refractivity contribution in [1.29, 1.82) is 0 Å². The molecule has 0 saturated carbocycles. The van der Waals surface area contributed by atoms with Gasteiger partial charge in [0, 0.05) is 12.0 Å². The third kappa shape index (κ3) is 3.19. The van der Waals surface area contributed by atoms with Gasteiger partial charge in [-0.3, -0.25) is 9.63 Å². The molecule has 0 amide bonds. The summed E-state index contributed by atoms with van der Waals surface area (Å²) in [7, 11) is 1.61. The zero-order valence-corrected chi connectivity index (χ0v) is 12.0. The maximum atomic E-state index is 12.0. The largest absolute Gasteiger partial charge is 0.382 e. The van der Waals surface area contributed by atoms with Crippen LogP contribution in [-0.4, -0.2) is 30.3 Å². The number of nitrogens with one attached hydrogen (secondary N) is 2. The molecule has 0 unspecified atom stereocenters. The number of fused-ring (bicyclic) bond motifs is 1. The van der Waals surface area contributed by atoms with Crippen molar-refractivity contribution in [2.75, 3.05) is 20.3 Å². The Morgan fingerprint density at radius 2 is 2.16 bits per heavy atom. The topological polar surface area (TPSA) is 76.2 Å². The highest BCUT2D eigenvalue weighted by atomic mass is 32.1. The van der Waals surface area contributed by atoms with E-state index in [9.17, 15) is 4.79 Å². The molecule has 6 nitrogen and oxygen atoms in total. The molecule has 0 aliphatic rings. The van der Waals surface area contributed by atoms with Gasteiger partial charge >= 0.3 is 0 Å². The Hall–Kier alpha value is -1.28. The summed E-state index contributed by atoms with van der Waals surface area (Å²) in [4.78, 5) is 26.2. The van der Waals surface area contributed by atoms with E-state index >= 15 is 0 Å². The zero-order chi connectivity index (χ0) is 13.8. The number of hydroxylamine groups is 1. The first-order chi connectivity index (χ1) is 9.13. The van der Waals surface area contributed by atoms with Crippen molar-refractivity contribution >= 4 is 21.6 Å². The molecule has 0 atom stereocenters. The maximum Gasteiger partial charge on any atom is 0.259 e. The summed E-state index contributed by atoms with van der Waals surface area (Å²) in [6, 6.07) is 0. The van der Waals surface area contributed by atoms with E-state index in [1.54, 1.807) is 7.11 Å². The fourth-order valence-corrected chi connectivity index (χ4v) is 2.75. The Morgan fingerprint density at radius 1 is 1.37 bits per heavy atom. The second-order valence-electron chi connectivity index (χ2n) is 4.14. The molecule has 0 aliphatic heterocycles. The fourth-order valence-electron chi connectivity index (χ4n) is 1.70. The first kappa shape index (κ1) is 14.1. The molecule has 0 fully saturated rings. The lowest BCUT2D eigenvalue weighted by atomic mass is 10.2. The minimum absolute atomic E-state index is 0.0967. The van der Waals surface area contributed by atoms with E-state index in [2.05, 4.69) is 15.4 Å². The Bertz CT molecular complexity index is 620. The lowest BCUT2D eigenvalue weighted by molar-refractivity contribution is 0.00248. The average Bonchev–Trinajstić information content (AvgIpc) is 2.65. The van der Waals surface area contributed by atoms with E-state index < -0.39 is 0 Å². The summed E-state index contributed by atoms with van der Waals surface area (Å²) >= 11 is 1.53. The molecule has 0 saturated heterocycles. The predicted octanol–water partition coefficient (Wildman–Crippen LogP) is 1.27. The van der Waals surface area contributed by atoms with Crippen molar-refractivity contribution in [3.63, 3.8) is 0 Å². The molecule has 2 rings (SSSR count). The van der Waals surface area contributed by atoms with Crippen LogP contribution in [0.2, 0.25) is 0 Å². The monoisotopic (exact) mass is 283 g/mol. The highest BCUT2D eigenvalue weighted by Gasteiger charge is 2.11. The van der Waals surface area contributed by atoms with Gasteiger partial charge in [-0.15, -0.1) is 11.3 Å². The number of nitrogens with zero attached hydrogens (tertiary/aromatic N) is 1. The molecule has 0 aromatic carbocycles.